The molecule has 0 saturated carbocycles. The van der Waals surface area contributed by atoms with Crippen molar-refractivity contribution >= 4 is 41.1 Å². The van der Waals surface area contributed by atoms with E-state index >= 15 is 0 Å². The highest BCUT2D eigenvalue weighted by Gasteiger charge is 2.04. The summed E-state index contributed by atoms with van der Waals surface area (Å²) in [4.78, 5) is 2.13. The minimum Gasteiger partial charge on any atom is -0.369 e. The molecule has 20 heavy (non-hydrogen) atoms. The van der Waals surface area contributed by atoms with Crippen molar-refractivity contribution in [1.82, 2.24) is 5.01 Å². The van der Waals surface area contributed by atoms with Gasteiger partial charge < -0.3 is 10.6 Å². The maximum absolute atomic E-state index is 7.21. The number of hydrazone groups is 1. The zero-order chi connectivity index (χ0) is 15.0. The van der Waals surface area contributed by atoms with E-state index in [2.05, 4.69) is 10.0 Å². The van der Waals surface area contributed by atoms with Gasteiger partial charge >= 0.3 is 0 Å². The monoisotopic (exact) mass is 315 g/mol. The molecule has 0 atom stereocenters. The first-order valence-corrected chi connectivity index (χ1v) is 7.24. The van der Waals surface area contributed by atoms with Crippen LogP contribution in [0, 0.1) is 5.41 Å². The first-order chi connectivity index (χ1) is 9.58. The zero-order valence-corrected chi connectivity index (χ0v) is 12.9. The van der Waals surface area contributed by atoms with Gasteiger partial charge in [0, 0.05) is 37.6 Å². The van der Waals surface area contributed by atoms with E-state index in [9.17, 15) is 0 Å². The summed E-state index contributed by atoms with van der Waals surface area (Å²) in [5, 5.41) is 12.5. The molecule has 7 heteroatoms. The van der Waals surface area contributed by atoms with Crippen LogP contribution in [0.5, 0.6) is 0 Å². The summed E-state index contributed by atoms with van der Waals surface area (Å²) in [5.74, 6) is 1.01. The molecule has 0 spiro atoms. The lowest BCUT2D eigenvalue weighted by Crippen LogP contribution is -2.28. The molecule has 1 rings (SSSR count). The number of halogens is 2. The van der Waals surface area contributed by atoms with Crippen LogP contribution in [0.4, 0.5) is 5.69 Å². The van der Waals surface area contributed by atoms with Crippen LogP contribution in [0.15, 0.2) is 29.4 Å². The average molecular weight is 316 g/mol. The van der Waals surface area contributed by atoms with Gasteiger partial charge in [-0.25, -0.2) is 5.01 Å². The molecule has 0 unspecified atom stereocenters. The van der Waals surface area contributed by atoms with E-state index in [-0.39, 0.29) is 5.96 Å². The molecule has 0 aliphatic rings. The fourth-order valence-corrected chi connectivity index (χ4v) is 1.97. The lowest BCUT2D eigenvalue weighted by Gasteiger charge is -2.22. The van der Waals surface area contributed by atoms with E-state index < -0.39 is 0 Å². The van der Waals surface area contributed by atoms with Crippen molar-refractivity contribution in [3.05, 3.63) is 29.8 Å². The van der Waals surface area contributed by atoms with Gasteiger partial charge in [-0.1, -0.05) is 12.1 Å². The molecule has 0 heterocycles. The summed E-state index contributed by atoms with van der Waals surface area (Å²) in [6, 6.07) is 7.88. The molecule has 5 nitrogen and oxygen atoms in total. The minimum atomic E-state index is -0.103. The van der Waals surface area contributed by atoms with Gasteiger partial charge in [0.2, 0.25) is 5.96 Å². The predicted octanol–water partition coefficient (Wildman–Crippen LogP) is 2.13. The molecule has 0 amide bonds. The fourth-order valence-electron chi connectivity index (χ4n) is 1.56. The van der Waals surface area contributed by atoms with Gasteiger partial charge in [-0.05, 0) is 17.7 Å². The Kier molecular flexibility index (Phi) is 7.18. The molecule has 0 saturated heterocycles. The second kappa shape index (κ2) is 8.66. The SMILES string of the molecule is CN(/N=C\c1ccc(N(CCCl)CCCl)cc1)C(=N)N. The van der Waals surface area contributed by atoms with Gasteiger partial charge in [0.05, 0.1) is 6.21 Å². The Hall–Kier alpha value is -1.46. The topological polar surface area (TPSA) is 68.7 Å². The van der Waals surface area contributed by atoms with E-state index in [4.69, 9.17) is 34.3 Å². The quantitative estimate of drug-likeness (QED) is 0.350. The first-order valence-electron chi connectivity index (χ1n) is 6.17. The van der Waals surface area contributed by atoms with Crippen LogP contribution in [-0.2, 0) is 0 Å². The van der Waals surface area contributed by atoms with E-state index in [0.717, 1.165) is 24.3 Å². The number of hydrogen-bond donors (Lipinski definition) is 2. The van der Waals surface area contributed by atoms with Gasteiger partial charge in [-0.2, -0.15) is 5.10 Å². The number of nitrogens with two attached hydrogens (primary N) is 1. The summed E-state index contributed by atoms with van der Waals surface area (Å²) in [7, 11) is 1.62. The lowest BCUT2D eigenvalue weighted by molar-refractivity contribution is 0.536. The highest BCUT2D eigenvalue weighted by atomic mass is 35.5. The fraction of sp³-hybridized carbons (Fsp3) is 0.385. The summed E-state index contributed by atoms with van der Waals surface area (Å²) in [6.45, 7) is 1.52. The van der Waals surface area contributed by atoms with Crippen molar-refractivity contribution in [2.45, 2.75) is 0 Å². The molecule has 1 aromatic carbocycles. The smallest absolute Gasteiger partial charge is 0.208 e. The number of nitrogens with zero attached hydrogens (tertiary/aromatic N) is 3. The second-order valence-electron chi connectivity index (χ2n) is 4.11. The van der Waals surface area contributed by atoms with Crippen molar-refractivity contribution in [2.75, 3.05) is 36.8 Å². The third-order valence-corrected chi connectivity index (χ3v) is 3.03. The van der Waals surface area contributed by atoms with Crippen molar-refractivity contribution in [3.8, 4) is 0 Å². The van der Waals surface area contributed by atoms with Crippen LogP contribution in [0.2, 0.25) is 0 Å². The molecule has 0 fully saturated rings. The lowest BCUT2D eigenvalue weighted by atomic mass is 10.2. The normalized spacial score (nSPS) is 10.8. The van der Waals surface area contributed by atoms with E-state index in [1.54, 1.807) is 13.3 Å². The molecule has 0 aliphatic heterocycles. The van der Waals surface area contributed by atoms with Crippen molar-refractivity contribution < 1.29 is 0 Å². The van der Waals surface area contributed by atoms with E-state index in [0.29, 0.717) is 11.8 Å². The predicted molar refractivity (Wildman–Crippen MR) is 87.4 cm³/mol. The first kappa shape index (κ1) is 16.6. The van der Waals surface area contributed by atoms with Crippen molar-refractivity contribution in [2.24, 2.45) is 10.8 Å². The van der Waals surface area contributed by atoms with Crippen LogP contribution in [0.3, 0.4) is 0 Å². The summed E-state index contributed by atoms with van der Waals surface area (Å²) >= 11 is 11.6. The number of alkyl halides is 2. The maximum Gasteiger partial charge on any atom is 0.208 e. The summed E-state index contributed by atoms with van der Waals surface area (Å²) in [6.07, 6.45) is 1.65. The molecular formula is C13H19Cl2N5. The number of anilines is 1. The van der Waals surface area contributed by atoms with Gasteiger partial charge in [-0.15, -0.1) is 23.2 Å². The Morgan fingerprint density at radius 1 is 1.25 bits per heavy atom. The van der Waals surface area contributed by atoms with Crippen LogP contribution < -0.4 is 10.6 Å². The number of nitrogens with one attached hydrogen (secondary N) is 1. The Labute approximate surface area is 129 Å². The third-order valence-electron chi connectivity index (χ3n) is 2.70. The summed E-state index contributed by atoms with van der Waals surface area (Å²) < 4.78 is 0. The highest BCUT2D eigenvalue weighted by Crippen LogP contribution is 2.15. The molecule has 1 aromatic rings. The number of rotatable bonds is 7. The molecule has 110 valence electrons. The maximum atomic E-state index is 7.21. The molecule has 0 aliphatic carbocycles. The standard InChI is InChI=1S/C13H19Cl2N5/c1-19(13(16)17)18-10-11-2-4-12(5-3-11)20(8-6-14)9-7-15/h2-5,10H,6-9H2,1H3,(H3,16,17)/b18-10-. The Balaban J connectivity index is 2.74. The second-order valence-corrected chi connectivity index (χ2v) is 4.87. The Bertz CT molecular complexity index is 441. The largest absolute Gasteiger partial charge is 0.369 e. The summed E-state index contributed by atoms with van der Waals surface area (Å²) in [5.41, 5.74) is 7.30. The van der Waals surface area contributed by atoms with Crippen molar-refractivity contribution in [1.29, 1.82) is 5.41 Å². The molecule has 0 bridgehead atoms. The zero-order valence-electron chi connectivity index (χ0n) is 11.4. The average Bonchev–Trinajstić information content (AvgIpc) is 2.45. The van der Waals surface area contributed by atoms with E-state index in [1.165, 1.54) is 5.01 Å². The third kappa shape index (κ3) is 5.27. The van der Waals surface area contributed by atoms with Gasteiger partial charge in [0.25, 0.3) is 0 Å². The van der Waals surface area contributed by atoms with E-state index in [1.807, 2.05) is 24.3 Å². The number of guanidine groups is 1. The number of hydrogen-bond acceptors (Lipinski definition) is 3. The van der Waals surface area contributed by atoms with Crippen LogP contribution >= 0.6 is 23.2 Å². The van der Waals surface area contributed by atoms with Gasteiger partial charge in [-0.3, -0.25) is 5.41 Å². The van der Waals surface area contributed by atoms with Crippen LogP contribution in [-0.4, -0.2) is 49.1 Å². The minimum absolute atomic E-state index is 0.103. The van der Waals surface area contributed by atoms with Gasteiger partial charge in [0.1, 0.15) is 0 Å². The molecule has 0 radical (unpaired) electrons. The Morgan fingerprint density at radius 3 is 2.25 bits per heavy atom. The van der Waals surface area contributed by atoms with Gasteiger partial charge in [0.15, 0.2) is 0 Å². The van der Waals surface area contributed by atoms with Crippen molar-refractivity contribution in [3.63, 3.8) is 0 Å². The van der Waals surface area contributed by atoms with Crippen LogP contribution in [0.25, 0.3) is 0 Å². The molecule has 3 N–H and O–H groups in total. The molecular weight excluding hydrogens is 297 g/mol. The molecule has 0 aromatic heterocycles. The highest BCUT2D eigenvalue weighted by molar-refractivity contribution is 6.18. The number of benzene rings is 1. The Morgan fingerprint density at radius 2 is 1.80 bits per heavy atom. The van der Waals surface area contributed by atoms with Crippen LogP contribution in [0.1, 0.15) is 5.56 Å².